The van der Waals surface area contributed by atoms with E-state index < -0.39 is 12.0 Å². The first-order valence-corrected chi connectivity index (χ1v) is 7.08. The van der Waals surface area contributed by atoms with Gasteiger partial charge in [0.15, 0.2) is 0 Å². The molecule has 7 nitrogen and oxygen atoms in total. The van der Waals surface area contributed by atoms with E-state index in [1.54, 1.807) is 12.0 Å². The zero-order chi connectivity index (χ0) is 15.0. The number of methoxy groups -OCH3 is 1. The van der Waals surface area contributed by atoms with Crippen molar-refractivity contribution >= 4 is 12.0 Å². The molecule has 0 aromatic carbocycles. The predicted octanol–water partition coefficient (Wildman–Crippen LogP) is 0.213. The molecule has 2 amide bonds. The highest BCUT2D eigenvalue weighted by Gasteiger charge is 2.25. The molecule has 0 saturated carbocycles. The van der Waals surface area contributed by atoms with Crippen molar-refractivity contribution in [2.75, 3.05) is 46.4 Å². The Balaban J connectivity index is 2.39. The SMILES string of the molecule is CCN1CCN(C(=O)NC(CCCOC)C(=O)O)CC1. The van der Waals surface area contributed by atoms with Gasteiger partial charge in [-0.25, -0.2) is 9.59 Å². The number of urea groups is 1. The second-order valence-electron chi connectivity index (χ2n) is 4.90. The lowest BCUT2D eigenvalue weighted by Gasteiger charge is -2.34. The van der Waals surface area contributed by atoms with E-state index in [9.17, 15) is 9.59 Å². The number of likely N-dealkylation sites (N-methyl/N-ethyl adjacent to an activating group) is 1. The van der Waals surface area contributed by atoms with E-state index in [1.165, 1.54) is 0 Å². The molecule has 2 N–H and O–H groups in total. The second-order valence-corrected chi connectivity index (χ2v) is 4.90. The van der Waals surface area contributed by atoms with E-state index >= 15 is 0 Å². The molecule has 1 atom stereocenters. The molecule has 1 unspecified atom stereocenters. The van der Waals surface area contributed by atoms with Crippen LogP contribution in [0.5, 0.6) is 0 Å². The number of hydrogen-bond donors (Lipinski definition) is 2. The van der Waals surface area contributed by atoms with Gasteiger partial charge < -0.3 is 25.0 Å². The van der Waals surface area contributed by atoms with E-state index in [0.29, 0.717) is 32.5 Å². The summed E-state index contributed by atoms with van der Waals surface area (Å²) in [5.74, 6) is -0.998. The van der Waals surface area contributed by atoms with Gasteiger partial charge in [-0.3, -0.25) is 0 Å². The van der Waals surface area contributed by atoms with Gasteiger partial charge in [0, 0.05) is 39.9 Å². The highest BCUT2D eigenvalue weighted by atomic mass is 16.5. The van der Waals surface area contributed by atoms with Gasteiger partial charge in [-0.15, -0.1) is 0 Å². The van der Waals surface area contributed by atoms with Crippen molar-refractivity contribution in [1.29, 1.82) is 0 Å². The number of piperazine rings is 1. The van der Waals surface area contributed by atoms with Crippen LogP contribution in [0.4, 0.5) is 4.79 Å². The van der Waals surface area contributed by atoms with Crippen molar-refractivity contribution in [1.82, 2.24) is 15.1 Å². The van der Waals surface area contributed by atoms with E-state index in [1.807, 2.05) is 0 Å². The summed E-state index contributed by atoms with van der Waals surface area (Å²) in [7, 11) is 1.57. The molecule has 116 valence electrons. The van der Waals surface area contributed by atoms with Crippen LogP contribution in [0.15, 0.2) is 0 Å². The number of carboxylic acids is 1. The fourth-order valence-corrected chi connectivity index (χ4v) is 2.20. The first kappa shape index (κ1) is 16.7. The normalized spacial score (nSPS) is 17.8. The number of aliphatic carboxylic acids is 1. The number of nitrogens with zero attached hydrogens (tertiary/aromatic N) is 2. The molecule has 7 heteroatoms. The number of ether oxygens (including phenoxy) is 1. The van der Waals surface area contributed by atoms with Crippen molar-refractivity contribution in [3.8, 4) is 0 Å². The predicted molar refractivity (Wildman–Crippen MR) is 74.8 cm³/mol. The minimum Gasteiger partial charge on any atom is -0.480 e. The topological polar surface area (TPSA) is 82.1 Å². The van der Waals surface area contributed by atoms with Gasteiger partial charge in [0.05, 0.1) is 0 Å². The summed E-state index contributed by atoms with van der Waals surface area (Å²) in [6, 6.07) is -1.13. The zero-order valence-electron chi connectivity index (χ0n) is 12.3. The van der Waals surface area contributed by atoms with Crippen LogP contribution >= 0.6 is 0 Å². The van der Waals surface area contributed by atoms with Crippen LogP contribution in [0.3, 0.4) is 0 Å². The Morgan fingerprint density at radius 1 is 1.30 bits per heavy atom. The van der Waals surface area contributed by atoms with E-state index in [2.05, 4.69) is 17.1 Å². The summed E-state index contributed by atoms with van der Waals surface area (Å²) in [5.41, 5.74) is 0. The first-order valence-electron chi connectivity index (χ1n) is 7.08. The molecule has 0 bridgehead atoms. The molecule has 1 saturated heterocycles. The third-order valence-electron chi connectivity index (χ3n) is 3.54. The Labute approximate surface area is 119 Å². The van der Waals surface area contributed by atoms with Crippen LogP contribution in [0.25, 0.3) is 0 Å². The molecular weight excluding hydrogens is 262 g/mol. The molecule has 0 spiro atoms. The van der Waals surface area contributed by atoms with Gasteiger partial charge in [-0.2, -0.15) is 0 Å². The van der Waals surface area contributed by atoms with Crippen LogP contribution in [-0.2, 0) is 9.53 Å². The molecular formula is C13H25N3O4. The lowest BCUT2D eigenvalue weighted by Crippen LogP contribution is -2.54. The fourth-order valence-electron chi connectivity index (χ4n) is 2.20. The largest absolute Gasteiger partial charge is 0.480 e. The molecule has 1 rings (SSSR count). The minimum absolute atomic E-state index is 0.287. The molecule has 0 aromatic heterocycles. The number of rotatable bonds is 7. The van der Waals surface area contributed by atoms with Gasteiger partial charge in [-0.05, 0) is 19.4 Å². The van der Waals surface area contributed by atoms with Gasteiger partial charge in [0.1, 0.15) is 6.04 Å². The van der Waals surface area contributed by atoms with Gasteiger partial charge in [0.25, 0.3) is 0 Å². The van der Waals surface area contributed by atoms with E-state index in [0.717, 1.165) is 19.6 Å². The number of carbonyl (C=O) groups is 2. The monoisotopic (exact) mass is 287 g/mol. The standard InChI is InChI=1S/C13H25N3O4/c1-3-15-6-8-16(9-7-15)13(19)14-11(12(17)18)5-4-10-20-2/h11H,3-10H2,1-2H3,(H,14,19)(H,17,18). The fraction of sp³-hybridized carbons (Fsp3) is 0.846. The Hall–Kier alpha value is -1.34. The van der Waals surface area contributed by atoms with Crippen LogP contribution in [0.1, 0.15) is 19.8 Å². The molecule has 1 aliphatic heterocycles. The van der Waals surface area contributed by atoms with Gasteiger partial charge >= 0.3 is 12.0 Å². The van der Waals surface area contributed by atoms with Crippen LogP contribution < -0.4 is 5.32 Å². The summed E-state index contributed by atoms with van der Waals surface area (Å²) in [6.45, 7) is 6.52. The number of carbonyl (C=O) groups excluding carboxylic acids is 1. The molecule has 0 radical (unpaired) electrons. The summed E-state index contributed by atoms with van der Waals surface area (Å²) in [6.07, 6.45) is 0.987. The summed E-state index contributed by atoms with van der Waals surface area (Å²) >= 11 is 0. The molecule has 0 aliphatic carbocycles. The van der Waals surface area contributed by atoms with Crippen molar-refractivity contribution in [3.05, 3.63) is 0 Å². The second kappa shape index (κ2) is 8.76. The van der Waals surface area contributed by atoms with Gasteiger partial charge in [0.2, 0.25) is 0 Å². The Kier molecular flexibility index (Phi) is 7.32. The smallest absolute Gasteiger partial charge is 0.326 e. The molecule has 1 heterocycles. The first-order chi connectivity index (χ1) is 9.58. The Morgan fingerprint density at radius 3 is 2.45 bits per heavy atom. The van der Waals surface area contributed by atoms with E-state index in [-0.39, 0.29) is 6.03 Å². The average Bonchev–Trinajstić information content (AvgIpc) is 2.46. The van der Waals surface area contributed by atoms with Crippen molar-refractivity contribution in [2.24, 2.45) is 0 Å². The number of hydrogen-bond acceptors (Lipinski definition) is 4. The molecule has 20 heavy (non-hydrogen) atoms. The minimum atomic E-state index is -0.998. The summed E-state index contributed by atoms with van der Waals surface area (Å²) in [4.78, 5) is 27.1. The highest BCUT2D eigenvalue weighted by molar-refractivity contribution is 5.82. The molecule has 0 aromatic rings. The lowest BCUT2D eigenvalue weighted by atomic mass is 10.1. The maximum Gasteiger partial charge on any atom is 0.326 e. The van der Waals surface area contributed by atoms with Crippen molar-refractivity contribution in [2.45, 2.75) is 25.8 Å². The third-order valence-corrected chi connectivity index (χ3v) is 3.54. The van der Waals surface area contributed by atoms with Crippen LogP contribution in [0, 0.1) is 0 Å². The lowest BCUT2D eigenvalue weighted by molar-refractivity contribution is -0.139. The quantitative estimate of drug-likeness (QED) is 0.654. The molecule has 1 fully saturated rings. The van der Waals surface area contributed by atoms with Crippen LogP contribution in [-0.4, -0.2) is 79.4 Å². The average molecular weight is 287 g/mol. The Morgan fingerprint density at radius 2 is 1.95 bits per heavy atom. The summed E-state index contributed by atoms with van der Waals surface area (Å²) < 4.78 is 4.90. The number of amides is 2. The summed E-state index contributed by atoms with van der Waals surface area (Å²) in [5, 5.41) is 11.7. The Bertz CT molecular complexity index is 317. The van der Waals surface area contributed by atoms with Crippen LogP contribution in [0.2, 0.25) is 0 Å². The maximum absolute atomic E-state index is 12.0. The van der Waals surface area contributed by atoms with Gasteiger partial charge in [-0.1, -0.05) is 6.92 Å². The third kappa shape index (κ3) is 5.34. The zero-order valence-corrected chi connectivity index (χ0v) is 12.3. The highest BCUT2D eigenvalue weighted by Crippen LogP contribution is 2.04. The number of carboxylic acid groups (broad SMARTS) is 1. The van der Waals surface area contributed by atoms with E-state index in [4.69, 9.17) is 9.84 Å². The maximum atomic E-state index is 12.0. The van der Waals surface area contributed by atoms with Crippen molar-refractivity contribution in [3.63, 3.8) is 0 Å². The number of nitrogens with one attached hydrogen (secondary N) is 1. The van der Waals surface area contributed by atoms with Crippen molar-refractivity contribution < 1.29 is 19.4 Å². The molecule has 1 aliphatic rings.